The third-order valence-electron chi connectivity index (χ3n) is 2.68. The molecule has 2 heterocycles. The van der Waals surface area contributed by atoms with Gasteiger partial charge < -0.3 is 10.3 Å². The molecule has 0 unspecified atom stereocenters. The Bertz CT molecular complexity index is 701. The Morgan fingerprint density at radius 2 is 2.26 bits per heavy atom. The number of H-pyrrole nitrogens is 1. The molecular formula is C13H10IN3OS. The summed E-state index contributed by atoms with van der Waals surface area (Å²) < 4.78 is 1.10. The lowest BCUT2D eigenvalue weighted by molar-refractivity contribution is 0.0950. The van der Waals surface area contributed by atoms with Gasteiger partial charge in [0.05, 0.1) is 26.0 Å². The molecule has 3 aromatic rings. The molecule has 0 bridgehead atoms. The molecule has 1 amide bonds. The van der Waals surface area contributed by atoms with E-state index >= 15 is 0 Å². The van der Waals surface area contributed by atoms with Crippen molar-refractivity contribution in [2.24, 2.45) is 0 Å². The standard InChI is InChI=1S/C13H10IN3OS/c14-11-5-8(7-19-11)13(18)15-6-12-16-9-3-1-2-4-10(9)17-12/h1-5,7H,6H2,(H,15,18)(H,16,17). The summed E-state index contributed by atoms with van der Waals surface area (Å²) >= 11 is 3.76. The summed E-state index contributed by atoms with van der Waals surface area (Å²) in [5, 5.41) is 4.72. The van der Waals surface area contributed by atoms with Crippen LogP contribution in [0.5, 0.6) is 0 Å². The number of aromatic amines is 1. The van der Waals surface area contributed by atoms with Gasteiger partial charge in [0.1, 0.15) is 5.82 Å². The van der Waals surface area contributed by atoms with E-state index in [-0.39, 0.29) is 5.91 Å². The van der Waals surface area contributed by atoms with Crippen molar-refractivity contribution in [3.05, 3.63) is 50.0 Å². The van der Waals surface area contributed by atoms with Crippen LogP contribution in [0.4, 0.5) is 0 Å². The number of amides is 1. The van der Waals surface area contributed by atoms with Gasteiger partial charge in [0.15, 0.2) is 0 Å². The minimum atomic E-state index is -0.0698. The number of para-hydroxylation sites is 2. The first-order valence-electron chi connectivity index (χ1n) is 5.68. The van der Waals surface area contributed by atoms with Gasteiger partial charge in [-0.3, -0.25) is 4.79 Å². The van der Waals surface area contributed by atoms with Gasteiger partial charge in [0.2, 0.25) is 0 Å². The number of imidazole rings is 1. The maximum Gasteiger partial charge on any atom is 0.252 e. The van der Waals surface area contributed by atoms with Crippen molar-refractivity contribution >= 4 is 50.9 Å². The lowest BCUT2D eigenvalue weighted by Gasteiger charge is -2.00. The first-order chi connectivity index (χ1) is 9.22. The van der Waals surface area contributed by atoms with Crippen molar-refractivity contribution in [2.75, 3.05) is 0 Å². The summed E-state index contributed by atoms with van der Waals surface area (Å²) in [7, 11) is 0. The van der Waals surface area contributed by atoms with E-state index in [9.17, 15) is 4.79 Å². The third kappa shape index (κ3) is 2.79. The molecule has 0 aliphatic rings. The van der Waals surface area contributed by atoms with Gasteiger partial charge in [0, 0.05) is 5.38 Å². The molecule has 2 N–H and O–H groups in total. The third-order valence-corrected chi connectivity index (χ3v) is 4.47. The fraction of sp³-hybridized carbons (Fsp3) is 0.0769. The quantitative estimate of drug-likeness (QED) is 0.683. The second-order valence-corrected chi connectivity index (χ2v) is 6.83. The zero-order valence-corrected chi connectivity index (χ0v) is 12.8. The highest BCUT2D eigenvalue weighted by Gasteiger charge is 2.08. The van der Waals surface area contributed by atoms with Crippen molar-refractivity contribution in [1.82, 2.24) is 15.3 Å². The van der Waals surface area contributed by atoms with Gasteiger partial charge in [0.25, 0.3) is 5.91 Å². The number of nitrogens with one attached hydrogen (secondary N) is 2. The highest BCUT2D eigenvalue weighted by atomic mass is 127. The summed E-state index contributed by atoms with van der Waals surface area (Å²) in [6.45, 7) is 0.403. The predicted molar refractivity (Wildman–Crippen MR) is 84.3 cm³/mol. The second kappa shape index (κ2) is 5.30. The molecule has 3 rings (SSSR count). The molecule has 0 fully saturated rings. The van der Waals surface area contributed by atoms with Crippen LogP contribution in [0.25, 0.3) is 11.0 Å². The maximum absolute atomic E-state index is 11.9. The first-order valence-corrected chi connectivity index (χ1v) is 7.64. The van der Waals surface area contributed by atoms with Crippen molar-refractivity contribution in [3.8, 4) is 0 Å². The van der Waals surface area contributed by atoms with Gasteiger partial charge in [-0.05, 0) is 40.8 Å². The highest BCUT2D eigenvalue weighted by molar-refractivity contribution is 14.1. The Morgan fingerprint density at radius 1 is 1.42 bits per heavy atom. The van der Waals surface area contributed by atoms with Crippen LogP contribution in [-0.4, -0.2) is 15.9 Å². The molecule has 6 heteroatoms. The average molecular weight is 383 g/mol. The summed E-state index contributed by atoms with van der Waals surface area (Å²) in [6, 6.07) is 9.68. The van der Waals surface area contributed by atoms with E-state index in [0.717, 1.165) is 19.7 Å². The number of rotatable bonds is 3. The summed E-state index contributed by atoms with van der Waals surface area (Å²) in [5.41, 5.74) is 2.60. The molecule has 2 aromatic heterocycles. The fourth-order valence-electron chi connectivity index (χ4n) is 1.78. The maximum atomic E-state index is 11.9. The minimum Gasteiger partial charge on any atom is -0.345 e. The molecule has 0 aliphatic heterocycles. The van der Waals surface area contributed by atoms with E-state index in [1.165, 1.54) is 0 Å². The SMILES string of the molecule is O=C(NCc1nc2ccccc2[nH]1)c1csc(I)c1. The normalized spacial score (nSPS) is 10.8. The second-order valence-electron chi connectivity index (χ2n) is 4.02. The van der Waals surface area contributed by atoms with Crippen molar-refractivity contribution in [3.63, 3.8) is 0 Å². The number of halogens is 1. The van der Waals surface area contributed by atoms with Crippen LogP contribution in [0, 0.1) is 2.88 Å². The minimum absolute atomic E-state index is 0.0698. The van der Waals surface area contributed by atoms with E-state index < -0.39 is 0 Å². The molecule has 0 spiro atoms. The first kappa shape index (κ1) is 12.6. The number of hydrogen-bond acceptors (Lipinski definition) is 3. The van der Waals surface area contributed by atoms with Crippen LogP contribution in [0.1, 0.15) is 16.2 Å². The monoisotopic (exact) mass is 383 g/mol. The lowest BCUT2D eigenvalue weighted by atomic mass is 10.3. The van der Waals surface area contributed by atoms with E-state index in [4.69, 9.17) is 0 Å². The Hall–Kier alpha value is -1.41. The van der Waals surface area contributed by atoms with Crippen LogP contribution < -0.4 is 5.32 Å². The zero-order valence-electron chi connectivity index (χ0n) is 9.81. The lowest BCUT2D eigenvalue weighted by Crippen LogP contribution is -2.22. The van der Waals surface area contributed by atoms with Crippen molar-refractivity contribution < 1.29 is 4.79 Å². The number of thiophene rings is 1. The van der Waals surface area contributed by atoms with Gasteiger partial charge >= 0.3 is 0 Å². The van der Waals surface area contributed by atoms with Crippen LogP contribution in [0.2, 0.25) is 0 Å². The fourth-order valence-corrected chi connectivity index (χ4v) is 3.11. The predicted octanol–water partition coefficient (Wildman–Crippen LogP) is 3.16. The molecule has 0 saturated heterocycles. The number of carbonyl (C=O) groups excluding carboxylic acids is 1. The molecule has 4 nitrogen and oxygen atoms in total. The Balaban J connectivity index is 1.70. The number of carbonyl (C=O) groups is 1. The summed E-state index contributed by atoms with van der Waals surface area (Å²) in [6.07, 6.45) is 0. The van der Waals surface area contributed by atoms with E-state index in [2.05, 4.69) is 37.9 Å². The van der Waals surface area contributed by atoms with E-state index in [1.54, 1.807) is 11.3 Å². The number of hydrogen-bond donors (Lipinski definition) is 2. The van der Waals surface area contributed by atoms with Crippen LogP contribution in [0.15, 0.2) is 35.7 Å². The van der Waals surface area contributed by atoms with E-state index in [1.807, 2.05) is 35.7 Å². The Kier molecular flexibility index (Phi) is 3.52. The van der Waals surface area contributed by atoms with Gasteiger partial charge in [-0.1, -0.05) is 12.1 Å². The molecule has 0 radical (unpaired) electrons. The molecular weight excluding hydrogens is 373 g/mol. The number of fused-ring (bicyclic) bond motifs is 1. The Labute approximate surface area is 127 Å². The number of aromatic nitrogens is 2. The Morgan fingerprint density at radius 3 is 3.00 bits per heavy atom. The average Bonchev–Trinajstić information content (AvgIpc) is 3.01. The molecule has 0 aliphatic carbocycles. The molecule has 1 aromatic carbocycles. The van der Waals surface area contributed by atoms with Crippen LogP contribution >= 0.6 is 33.9 Å². The largest absolute Gasteiger partial charge is 0.345 e. The van der Waals surface area contributed by atoms with Gasteiger partial charge in [-0.2, -0.15) is 0 Å². The van der Waals surface area contributed by atoms with Gasteiger partial charge in [-0.15, -0.1) is 11.3 Å². The zero-order chi connectivity index (χ0) is 13.2. The molecule has 0 saturated carbocycles. The summed E-state index contributed by atoms with van der Waals surface area (Å²) in [4.78, 5) is 19.5. The smallest absolute Gasteiger partial charge is 0.252 e. The highest BCUT2D eigenvalue weighted by Crippen LogP contribution is 2.16. The van der Waals surface area contributed by atoms with E-state index in [0.29, 0.717) is 12.1 Å². The topological polar surface area (TPSA) is 57.8 Å². The van der Waals surface area contributed by atoms with Crippen molar-refractivity contribution in [1.29, 1.82) is 0 Å². The number of nitrogens with zero attached hydrogens (tertiary/aromatic N) is 1. The molecule has 19 heavy (non-hydrogen) atoms. The molecule has 96 valence electrons. The summed E-state index contributed by atoms with van der Waals surface area (Å²) in [5.74, 6) is 0.694. The van der Waals surface area contributed by atoms with Crippen molar-refractivity contribution in [2.45, 2.75) is 6.54 Å². The van der Waals surface area contributed by atoms with Crippen LogP contribution in [-0.2, 0) is 6.54 Å². The van der Waals surface area contributed by atoms with Gasteiger partial charge in [-0.25, -0.2) is 4.98 Å². The molecule has 0 atom stereocenters. The van der Waals surface area contributed by atoms with Crippen LogP contribution in [0.3, 0.4) is 0 Å². The number of benzene rings is 1.